The highest BCUT2D eigenvalue weighted by Gasteiger charge is 2.18. The second-order valence-corrected chi connectivity index (χ2v) is 8.15. The summed E-state index contributed by atoms with van der Waals surface area (Å²) in [4.78, 5) is 20.3. The summed E-state index contributed by atoms with van der Waals surface area (Å²) in [5, 5.41) is 3.80. The SMILES string of the molecule is O=C(OCc1nc(-c2cccnc2)no1)c1cccc(S(=O)(=O)Nc2ccc(F)cc2)c1. The van der Waals surface area contributed by atoms with Gasteiger partial charge in [0.15, 0.2) is 6.61 Å². The van der Waals surface area contributed by atoms with Gasteiger partial charge in [0.2, 0.25) is 5.82 Å². The van der Waals surface area contributed by atoms with Crippen molar-refractivity contribution in [2.75, 3.05) is 4.72 Å². The molecule has 0 aliphatic heterocycles. The van der Waals surface area contributed by atoms with Crippen molar-refractivity contribution in [1.82, 2.24) is 15.1 Å². The first kappa shape index (κ1) is 21.1. The van der Waals surface area contributed by atoms with Crippen LogP contribution >= 0.6 is 0 Å². The Morgan fingerprint density at radius 2 is 1.91 bits per heavy atom. The third-order valence-electron chi connectivity index (χ3n) is 4.19. The fraction of sp³-hybridized carbons (Fsp3) is 0.0476. The van der Waals surface area contributed by atoms with Gasteiger partial charge < -0.3 is 9.26 Å². The number of esters is 1. The number of carbonyl (C=O) groups is 1. The predicted octanol–water partition coefficient (Wildman–Crippen LogP) is 3.43. The Kier molecular flexibility index (Phi) is 5.90. The number of anilines is 1. The minimum Gasteiger partial charge on any atom is -0.452 e. The van der Waals surface area contributed by atoms with Gasteiger partial charge in [0, 0.05) is 23.6 Å². The lowest BCUT2D eigenvalue weighted by Gasteiger charge is -2.09. The van der Waals surface area contributed by atoms with E-state index in [4.69, 9.17) is 9.26 Å². The van der Waals surface area contributed by atoms with Crippen LogP contribution in [0, 0.1) is 5.82 Å². The monoisotopic (exact) mass is 454 g/mol. The molecule has 4 aromatic rings. The number of rotatable bonds is 7. The molecule has 0 unspecified atom stereocenters. The van der Waals surface area contributed by atoms with E-state index in [0.717, 1.165) is 12.1 Å². The summed E-state index contributed by atoms with van der Waals surface area (Å²) >= 11 is 0. The van der Waals surface area contributed by atoms with Gasteiger partial charge in [-0.2, -0.15) is 4.98 Å². The van der Waals surface area contributed by atoms with E-state index in [1.807, 2.05) is 0 Å². The molecule has 0 fully saturated rings. The number of nitrogens with zero attached hydrogens (tertiary/aromatic N) is 3. The summed E-state index contributed by atoms with van der Waals surface area (Å²) in [6.07, 6.45) is 3.17. The van der Waals surface area contributed by atoms with Gasteiger partial charge in [0.1, 0.15) is 5.82 Å². The van der Waals surface area contributed by atoms with Crippen molar-refractivity contribution in [2.24, 2.45) is 0 Å². The lowest BCUT2D eigenvalue weighted by Crippen LogP contribution is -2.14. The summed E-state index contributed by atoms with van der Waals surface area (Å²) in [6, 6.07) is 13.6. The van der Waals surface area contributed by atoms with E-state index in [1.54, 1.807) is 24.5 Å². The summed E-state index contributed by atoms with van der Waals surface area (Å²) in [5.74, 6) is -0.903. The number of hydrogen-bond donors (Lipinski definition) is 1. The average Bonchev–Trinajstić information content (AvgIpc) is 3.29. The Morgan fingerprint density at radius 3 is 2.66 bits per heavy atom. The fourth-order valence-electron chi connectivity index (χ4n) is 2.66. The van der Waals surface area contributed by atoms with E-state index in [2.05, 4.69) is 19.8 Å². The number of sulfonamides is 1. The smallest absolute Gasteiger partial charge is 0.338 e. The number of halogens is 1. The van der Waals surface area contributed by atoms with E-state index >= 15 is 0 Å². The molecule has 0 atom stereocenters. The van der Waals surface area contributed by atoms with Crippen LogP contribution in [0.3, 0.4) is 0 Å². The van der Waals surface area contributed by atoms with E-state index in [0.29, 0.717) is 11.4 Å². The van der Waals surface area contributed by atoms with Gasteiger partial charge in [-0.05, 0) is 54.6 Å². The Labute approximate surface area is 181 Å². The standard InChI is InChI=1S/C21H15FN4O5S/c22-16-6-8-17(9-7-16)26-32(28,29)18-5-1-3-14(11-18)21(27)30-13-19-24-20(25-31-19)15-4-2-10-23-12-15/h1-12,26H,13H2. The number of aromatic nitrogens is 3. The third-order valence-corrected chi connectivity index (χ3v) is 5.57. The molecule has 32 heavy (non-hydrogen) atoms. The highest BCUT2D eigenvalue weighted by Crippen LogP contribution is 2.19. The molecular weight excluding hydrogens is 439 g/mol. The van der Waals surface area contributed by atoms with Crippen LogP contribution < -0.4 is 4.72 Å². The first-order valence-electron chi connectivity index (χ1n) is 9.19. The molecule has 11 heteroatoms. The van der Waals surface area contributed by atoms with E-state index in [-0.39, 0.29) is 28.6 Å². The van der Waals surface area contributed by atoms with Crippen molar-refractivity contribution in [3.8, 4) is 11.4 Å². The Bertz CT molecular complexity index is 1340. The van der Waals surface area contributed by atoms with Gasteiger partial charge in [0.05, 0.1) is 10.5 Å². The molecule has 0 saturated heterocycles. The van der Waals surface area contributed by atoms with Gasteiger partial charge in [-0.25, -0.2) is 17.6 Å². The summed E-state index contributed by atoms with van der Waals surface area (Å²) in [7, 11) is -4.00. The lowest BCUT2D eigenvalue weighted by atomic mass is 10.2. The van der Waals surface area contributed by atoms with Crippen LogP contribution in [-0.4, -0.2) is 29.5 Å². The molecule has 0 saturated carbocycles. The molecular formula is C21H15FN4O5S. The molecule has 9 nitrogen and oxygen atoms in total. The molecule has 2 heterocycles. The van der Waals surface area contributed by atoms with Crippen LogP contribution in [0.1, 0.15) is 16.2 Å². The zero-order chi connectivity index (χ0) is 22.6. The number of benzene rings is 2. The maximum Gasteiger partial charge on any atom is 0.338 e. The van der Waals surface area contributed by atoms with Crippen LogP contribution in [0.5, 0.6) is 0 Å². The van der Waals surface area contributed by atoms with Crippen molar-refractivity contribution in [1.29, 1.82) is 0 Å². The molecule has 0 spiro atoms. The number of carbonyl (C=O) groups excluding carboxylic acids is 1. The van der Waals surface area contributed by atoms with E-state index in [9.17, 15) is 17.6 Å². The van der Waals surface area contributed by atoms with Crippen LogP contribution in [0.15, 0.2) is 82.5 Å². The molecule has 1 N–H and O–H groups in total. The first-order chi connectivity index (χ1) is 15.4. The molecule has 0 aliphatic carbocycles. The minimum atomic E-state index is -4.00. The van der Waals surface area contributed by atoms with Gasteiger partial charge in [-0.3, -0.25) is 9.71 Å². The summed E-state index contributed by atoms with van der Waals surface area (Å²) < 4.78 is 50.7. The van der Waals surface area contributed by atoms with Crippen LogP contribution in [0.4, 0.5) is 10.1 Å². The third kappa shape index (κ3) is 4.95. The van der Waals surface area contributed by atoms with Crippen molar-refractivity contribution in [3.63, 3.8) is 0 Å². The van der Waals surface area contributed by atoms with Crippen molar-refractivity contribution >= 4 is 21.7 Å². The number of hydrogen-bond acceptors (Lipinski definition) is 8. The summed E-state index contributed by atoms with van der Waals surface area (Å²) in [5.41, 5.74) is 0.833. The summed E-state index contributed by atoms with van der Waals surface area (Å²) in [6.45, 7) is -0.295. The average molecular weight is 454 g/mol. The maximum atomic E-state index is 13.0. The highest BCUT2D eigenvalue weighted by atomic mass is 32.2. The first-order valence-corrected chi connectivity index (χ1v) is 10.7. The van der Waals surface area contributed by atoms with Gasteiger partial charge in [-0.1, -0.05) is 11.2 Å². The normalized spacial score (nSPS) is 11.2. The molecule has 2 aromatic carbocycles. The number of ether oxygens (including phenoxy) is 1. The number of pyridine rings is 1. The predicted molar refractivity (Wildman–Crippen MR) is 110 cm³/mol. The van der Waals surface area contributed by atoms with Crippen molar-refractivity contribution in [2.45, 2.75) is 11.5 Å². The maximum absolute atomic E-state index is 13.0. The zero-order valence-corrected chi connectivity index (χ0v) is 17.1. The zero-order valence-electron chi connectivity index (χ0n) is 16.3. The Balaban J connectivity index is 1.43. The second-order valence-electron chi connectivity index (χ2n) is 6.47. The number of nitrogens with one attached hydrogen (secondary N) is 1. The quantitative estimate of drug-likeness (QED) is 0.421. The molecule has 162 valence electrons. The largest absolute Gasteiger partial charge is 0.452 e. The molecule has 0 amide bonds. The second kappa shape index (κ2) is 8.94. The fourth-order valence-corrected chi connectivity index (χ4v) is 3.76. The highest BCUT2D eigenvalue weighted by molar-refractivity contribution is 7.92. The van der Waals surface area contributed by atoms with E-state index < -0.39 is 21.8 Å². The molecule has 0 aliphatic rings. The van der Waals surface area contributed by atoms with Crippen LogP contribution in [0.25, 0.3) is 11.4 Å². The lowest BCUT2D eigenvalue weighted by molar-refractivity contribution is 0.0429. The molecule has 0 bridgehead atoms. The van der Waals surface area contributed by atoms with Crippen LogP contribution in [0.2, 0.25) is 0 Å². The van der Waals surface area contributed by atoms with Crippen LogP contribution in [-0.2, 0) is 21.4 Å². The van der Waals surface area contributed by atoms with E-state index in [1.165, 1.54) is 36.4 Å². The van der Waals surface area contributed by atoms with Gasteiger partial charge in [0.25, 0.3) is 15.9 Å². The molecule has 2 aromatic heterocycles. The molecule has 4 rings (SSSR count). The Hall–Kier alpha value is -4.12. The van der Waals surface area contributed by atoms with Crippen molar-refractivity contribution < 1.29 is 26.9 Å². The van der Waals surface area contributed by atoms with Crippen molar-refractivity contribution in [3.05, 3.63) is 90.3 Å². The molecule has 0 radical (unpaired) electrons. The van der Waals surface area contributed by atoms with Gasteiger partial charge >= 0.3 is 5.97 Å². The Morgan fingerprint density at radius 1 is 1.09 bits per heavy atom. The minimum absolute atomic E-state index is 0.0129. The van der Waals surface area contributed by atoms with Gasteiger partial charge in [-0.15, -0.1) is 0 Å². The topological polar surface area (TPSA) is 124 Å².